The Morgan fingerprint density at radius 2 is 1.70 bits per heavy atom. The summed E-state index contributed by atoms with van der Waals surface area (Å²) in [6, 6.07) is 7.97. The van der Waals surface area contributed by atoms with E-state index in [9.17, 15) is 4.79 Å². The van der Waals surface area contributed by atoms with E-state index in [4.69, 9.17) is 31.8 Å². The Labute approximate surface area is 227 Å². The first kappa shape index (κ1) is 25.0. The van der Waals surface area contributed by atoms with Crippen LogP contribution in [-0.4, -0.2) is 41.9 Å². The Kier molecular flexibility index (Phi) is 6.84. The number of ether oxygens (including phenoxy) is 2. The van der Waals surface area contributed by atoms with Crippen LogP contribution in [-0.2, 0) is 11.2 Å². The molecular weight excluding hydrogens is 504 g/mol. The van der Waals surface area contributed by atoms with Crippen LogP contribution in [0.4, 0.5) is 0 Å². The molecule has 6 nitrogen and oxygen atoms in total. The van der Waals surface area contributed by atoms with Crippen molar-refractivity contribution in [3.05, 3.63) is 40.5 Å². The third-order valence-corrected chi connectivity index (χ3v) is 10.0. The summed E-state index contributed by atoms with van der Waals surface area (Å²) in [6.45, 7) is 0.585. The highest BCUT2D eigenvalue weighted by atomic mass is 32.2. The molecule has 0 unspecified atom stereocenters. The fraction of sp³-hybridized carbons (Fsp3) is 0.517. The molecule has 0 spiro atoms. The van der Waals surface area contributed by atoms with E-state index < -0.39 is 0 Å². The molecule has 1 aromatic carbocycles. The van der Waals surface area contributed by atoms with Crippen LogP contribution in [0.3, 0.4) is 0 Å². The number of furan rings is 1. The number of benzene rings is 1. The minimum absolute atomic E-state index is 0.0400. The molecular formula is C29H34N2O4S2. The van der Waals surface area contributed by atoms with Gasteiger partial charge in [0.25, 0.3) is 5.91 Å². The van der Waals surface area contributed by atoms with Crippen LogP contribution in [0.1, 0.15) is 49.8 Å². The quantitative estimate of drug-likeness (QED) is 0.332. The maximum atomic E-state index is 13.8. The number of carbonyl (C=O) groups excluding carboxylic acids is 1. The first-order chi connectivity index (χ1) is 18.0. The number of carbonyl (C=O) groups is 1. The van der Waals surface area contributed by atoms with Crippen LogP contribution in [0.5, 0.6) is 11.5 Å². The van der Waals surface area contributed by atoms with Crippen molar-refractivity contribution >= 4 is 40.3 Å². The molecule has 37 heavy (non-hydrogen) atoms. The number of nitrogens with zero attached hydrogens (tertiary/aromatic N) is 1. The van der Waals surface area contributed by atoms with Gasteiger partial charge in [-0.1, -0.05) is 24.0 Å². The van der Waals surface area contributed by atoms with Gasteiger partial charge in [0.1, 0.15) is 27.3 Å². The van der Waals surface area contributed by atoms with Gasteiger partial charge >= 0.3 is 0 Å². The molecule has 0 atom stereocenters. The number of methoxy groups -OCH3 is 2. The number of aryl methyl sites for hydroxylation is 1. The zero-order chi connectivity index (χ0) is 25.7. The lowest BCUT2D eigenvalue weighted by atomic mass is 9.54. The zero-order valence-electron chi connectivity index (χ0n) is 21.4. The van der Waals surface area contributed by atoms with Crippen LogP contribution in [0, 0.1) is 23.7 Å². The molecule has 7 rings (SSSR count). The standard InChI is InChI=1S/C29H34N2O4S2/c1-33-22-11-19(12-23(14-22)34-2)24-13-18(4-3-5-30)25(35-24)15-26-28(32)31(29(36)37-26)27-20-7-16-6-17(9-20)10-21(27)8-16/h11-17,20-21,27H,3-10,30H2,1-2H3. The molecule has 1 saturated heterocycles. The lowest BCUT2D eigenvalue weighted by Crippen LogP contribution is -2.57. The van der Waals surface area contributed by atoms with E-state index in [-0.39, 0.29) is 11.9 Å². The largest absolute Gasteiger partial charge is 0.497 e. The van der Waals surface area contributed by atoms with Crippen LogP contribution in [0.2, 0.25) is 0 Å². The van der Waals surface area contributed by atoms with Gasteiger partial charge < -0.3 is 19.6 Å². The molecule has 2 heterocycles. The van der Waals surface area contributed by atoms with E-state index in [2.05, 4.69) is 0 Å². The molecule has 8 heteroatoms. The fourth-order valence-corrected chi connectivity index (χ4v) is 8.64. The molecule has 196 valence electrons. The van der Waals surface area contributed by atoms with Gasteiger partial charge in [0.05, 0.1) is 19.1 Å². The molecule has 0 radical (unpaired) electrons. The van der Waals surface area contributed by atoms with E-state index in [0.29, 0.717) is 50.6 Å². The van der Waals surface area contributed by atoms with Gasteiger partial charge in [-0.25, -0.2) is 0 Å². The number of nitrogens with two attached hydrogens (primary N) is 1. The summed E-state index contributed by atoms with van der Waals surface area (Å²) in [4.78, 5) is 16.4. The highest BCUT2D eigenvalue weighted by Crippen LogP contribution is 2.56. The second kappa shape index (κ2) is 10.1. The molecule has 4 bridgehead atoms. The summed E-state index contributed by atoms with van der Waals surface area (Å²) in [7, 11) is 3.26. The Bertz CT molecular complexity index is 1200. The van der Waals surface area contributed by atoms with Crippen molar-refractivity contribution in [3.63, 3.8) is 0 Å². The maximum Gasteiger partial charge on any atom is 0.266 e. The van der Waals surface area contributed by atoms with Gasteiger partial charge in [-0.05, 0) is 98.9 Å². The minimum Gasteiger partial charge on any atom is -0.497 e. The van der Waals surface area contributed by atoms with Crippen molar-refractivity contribution in [3.8, 4) is 22.8 Å². The fourth-order valence-electron chi connectivity index (χ4n) is 7.32. The monoisotopic (exact) mass is 538 g/mol. The maximum absolute atomic E-state index is 13.8. The molecule has 4 saturated carbocycles. The average molecular weight is 539 g/mol. The predicted octanol–water partition coefficient (Wildman–Crippen LogP) is 5.88. The van der Waals surface area contributed by atoms with Crippen LogP contribution < -0.4 is 15.2 Å². The number of thioether (sulfide) groups is 1. The number of thiocarbonyl (C=S) groups is 1. The molecule has 1 aromatic heterocycles. The summed E-state index contributed by atoms with van der Waals surface area (Å²) in [5.41, 5.74) is 7.70. The van der Waals surface area contributed by atoms with Crippen molar-refractivity contribution in [2.45, 2.75) is 51.0 Å². The number of hydrogen-bond acceptors (Lipinski definition) is 7. The summed E-state index contributed by atoms with van der Waals surface area (Å²) < 4.78 is 18.0. The molecule has 4 aliphatic carbocycles. The molecule has 1 amide bonds. The topological polar surface area (TPSA) is 77.9 Å². The minimum atomic E-state index is 0.0400. The smallest absolute Gasteiger partial charge is 0.266 e. The number of hydrogen-bond donors (Lipinski definition) is 1. The Morgan fingerprint density at radius 3 is 2.30 bits per heavy atom. The van der Waals surface area contributed by atoms with Crippen molar-refractivity contribution in [2.75, 3.05) is 20.8 Å². The SMILES string of the molecule is COc1cc(OC)cc(-c2cc(CCCN)c(C=C3SC(=S)N(C4C5CC6CC(C5)CC4C6)C3=O)o2)c1. The Hall–Kier alpha value is -2.29. The summed E-state index contributed by atoms with van der Waals surface area (Å²) in [6.07, 6.45) is 9.89. The van der Waals surface area contributed by atoms with E-state index >= 15 is 0 Å². The average Bonchev–Trinajstić information content (AvgIpc) is 3.42. The van der Waals surface area contributed by atoms with E-state index in [1.54, 1.807) is 14.2 Å². The van der Waals surface area contributed by atoms with E-state index in [1.807, 2.05) is 35.2 Å². The van der Waals surface area contributed by atoms with Crippen molar-refractivity contribution in [1.29, 1.82) is 0 Å². The molecule has 5 aliphatic rings. The molecule has 1 aliphatic heterocycles. The lowest BCUT2D eigenvalue weighted by Gasteiger charge is -2.56. The van der Waals surface area contributed by atoms with Crippen molar-refractivity contribution in [1.82, 2.24) is 4.90 Å². The van der Waals surface area contributed by atoms with Gasteiger partial charge in [0, 0.05) is 23.7 Å². The molecule has 2 aromatic rings. The van der Waals surface area contributed by atoms with E-state index in [1.165, 1.54) is 43.9 Å². The zero-order valence-corrected chi connectivity index (χ0v) is 23.0. The van der Waals surface area contributed by atoms with Gasteiger partial charge in [-0.3, -0.25) is 9.69 Å². The predicted molar refractivity (Wildman–Crippen MR) is 150 cm³/mol. The van der Waals surface area contributed by atoms with Gasteiger partial charge in [-0.2, -0.15) is 0 Å². The molecule has 2 N–H and O–H groups in total. The Morgan fingerprint density at radius 1 is 1.05 bits per heavy atom. The number of amides is 1. The third-order valence-electron chi connectivity index (χ3n) is 8.69. The normalized spacial score (nSPS) is 29.5. The second-order valence-electron chi connectivity index (χ2n) is 11.0. The highest BCUT2D eigenvalue weighted by Gasteiger charge is 2.53. The first-order valence-corrected chi connectivity index (χ1v) is 14.5. The second-order valence-corrected chi connectivity index (χ2v) is 12.6. The van der Waals surface area contributed by atoms with Gasteiger partial charge in [0.2, 0.25) is 0 Å². The van der Waals surface area contributed by atoms with Crippen molar-refractivity contribution in [2.24, 2.45) is 29.4 Å². The summed E-state index contributed by atoms with van der Waals surface area (Å²) >= 11 is 7.22. The third kappa shape index (κ3) is 4.61. The number of rotatable bonds is 8. The van der Waals surface area contributed by atoms with E-state index in [0.717, 1.165) is 35.8 Å². The Balaban J connectivity index is 1.31. The lowest BCUT2D eigenvalue weighted by molar-refractivity contribution is -0.130. The van der Waals surface area contributed by atoms with Crippen molar-refractivity contribution < 1.29 is 18.7 Å². The van der Waals surface area contributed by atoms with Crippen LogP contribution in [0.15, 0.2) is 33.6 Å². The molecule has 5 fully saturated rings. The summed E-state index contributed by atoms with van der Waals surface area (Å²) in [5.74, 6) is 5.71. The van der Waals surface area contributed by atoms with Crippen LogP contribution >= 0.6 is 24.0 Å². The van der Waals surface area contributed by atoms with Gasteiger partial charge in [0.15, 0.2) is 0 Å². The highest BCUT2D eigenvalue weighted by molar-refractivity contribution is 8.26. The summed E-state index contributed by atoms with van der Waals surface area (Å²) in [5, 5.41) is 0. The van der Waals surface area contributed by atoms with Crippen LogP contribution in [0.25, 0.3) is 17.4 Å². The van der Waals surface area contributed by atoms with Gasteiger partial charge in [-0.15, -0.1) is 0 Å². The first-order valence-electron chi connectivity index (χ1n) is 13.3.